The molecule has 0 radical (unpaired) electrons. The summed E-state index contributed by atoms with van der Waals surface area (Å²) >= 11 is 10.7. The minimum Gasteiger partial charge on any atom is -0.484 e. The lowest BCUT2D eigenvalue weighted by molar-refractivity contribution is -0.123. The molecule has 0 unspecified atom stereocenters. The Morgan fingerprint density at radius 3 is 2.35 bits per heavy atom. The van der Waals surface area contributed by atoms with Gasteiger partial charge >= 0.3 is 0 Å². The van der Waals surface area contributed by atoms with Crippen LogP contribution in [0.4, 0.5) is 0 Å². The predicted octanol–water partition coefficient (Wildman–Crippen LogP) is 1.41. The van der Waals surface area contributed by atoms with E-state index >= 15 is 0 Å². The van der Waals surface area contributed by atoms with E-state index in [0.29, 0.717) is 5.75 Å². The average Bonchev–Trinajstić information content (AvgIpc) is 2.42. The highest BCUT2D eigenvalue weighted by Gasteiger charge is 2.10. The van der Waals surface area contributed by atoms with E-state index in [1.54, 1.807) is 12.1 Å². The highest BCUT2D eigenvalue weighted by molar-refractivity contribution is 6.53. The summed E-state index contributed by atoms with van der Waals surface area (Å²) in [6.07, 6.45) is 0. The third kappa shape index (κ3) is 6.63. The van der Waals surface area contributed by atoms with Crippen LogP contribution in [0.2, 0.25) is 0 Å². The summed E-state index contributed by atoms with van der Waals surface area (Å²) in [6.45, 7) is 2.43. The standard InChI is InChI=1S/C13H16Cl2N2O3/c1-9-2-4-10(5-3-9)20-8-11(18)16-6-7-17-13(19)12(14)15/h2-5,12H,6-8H2,1H3,(H,16,18)(H,17,19). The third-order valence-corrected chi connectivity index (χ3v) is 2.73. The number of hydrogen-bond acceptors (Lipinski definition) is 3. The van der Waals surface area contributed by atoms with Crippen molar-refractivity contribution in [3.63, 3.8) is 0 Å². The molecule has 0 saturated heterocycles. The number of alkyl halides is 2. The quantitative estimate of drug-likeness (QED) is 0.590. The second-order valence-corrected chi connectivity index (χ2v) is 5.14. The van der Waals surface area contributed by atoms with Gasteiger partial charge in [-0.1, -0.05) is 40.9 Å². The first-order valence-electron chi connectivity index (χ1n) is 6.01. The first kappa shape index (κ1) is 16.6. The molecule has 0 bridgehead atoms. The Morgan fingerprint density at radius 1 is 1.15 bits per heavy atom. The second kappa shape index (κ2) is 8.66. The van der Waals surface area contributed by atoms with Crippen molar-refractivity contribution in [3.8, 4) is 5.75 Å². The van der Waals surface area contributed by atoms with Crippen molar-refractivity contribution in [1.82, 2.24) is 10.6 Å². The fourth-order valence-corrected chi connectivity index (χ4v) is 1.45. The van der Waals surface area contributed by atoms with Crippen LogP contribution in [-0.2, 0) is 9.59 Å². The largest absolute Gasteiger partial charge is 0.484 e. The van der Waals surface area contributed by atoms with Gasteiger partial charge in [-0.3, -0.25) is 9.59 Å². The SMILES string of the molecule is Cc1ccc(OCC(=O)NCCNC(=O)C(Cl)Cl)cc1. The van der Waals surface area contributed by atoms with Crippen LogP contribution < -0.4 is 15.4 Å². The minimum atomic E-state index is -1.10. The Morgan fingerprint density at radius 2 is 1.75 bits per heavy atom. The molecule has 1 aromatic carbocycles. The molecule has 2 amide bonds. The maximum absolute atomic E-state index is 11.5. The van der Waals surface area contributed by atoms with Crippen molar-refractivity contribution in [1.29, 1.82) is 0 Å². The van der Waals surface area contributed by atoms with Crippen LogP contribution in [0, 0.1) is 6.92 Å². The summed E-state index contributed by atoms with van der Waals surface area (Å²) < 4.78 is 5.30. The molecule has 0 fully saturated rings. The van der Waals surface area contributed by atoms with E-state index in [4.69, 9.17) is 27.9 Å². The van der Waals surface area contributed by atoms with E-state index in [-0.39, 0.29) is 25.6 Å². The Balaban J connectivity index is 2.14. The zero-order chi connectivity index (χ0) is 15.0. The lowest BCUT2D eigenvalue weighted by Gasteiger charge is -2.08. The molecular weight excluding hydrogens is 303 g/mol. The number of carbonyl (C=O) groups is 2. The maximum Gasteiger partial charge on any atom is 0.258 e. The van der Waals surface area contributed by atoms with E-state index in [2.05, 4.69) is 10.6 Å². The van der Waals surface area contributed by atoms with Crippen molar-refractivity contribution in [2.75, 3.05) is 19.7 Å². The fraction of sp³-hybridized carbons (Fsp3) is 0.385. The molecule has 0 atom stereocenters. The molecule has 2 N–H and O–H groups in total. The summed E-state index contributed by atoms with van der Waals surface area (Å²) in [5.74, 6) is -0.127. The van der Waals surface area contributed by atoms with E-state index in [0.717, 1.165) is 5.56 Å². The number of carbonyl (C=O) groups excluding carboxylic acids is 2. The van der Waals surface area contributed by atoms with Gasteiger partial charge in [0.2, 0.25) is 0 Å². The fourth-order valence-electron chi connectivity index (χ4n) is 1.30. The monoisotopic (exact) mass is 318 g/mol. The number of aryl methyl sites for hydroxylation is 1. The highest BCUT2D eigenvalue weighted by Crippen LogP contribution is 2.10. The van der Waals surface area contributed by atoms with Crippen molar-refractivity contribution in [3.05, 3.63) is 29.8 Å². The smallest absolute Gasteiger partial charge is 0.258 e. The predicted molar refractivity (Wildman–Crippen MR) is 78.2 cm³/mol. The molecule has 0 aliphatic carbocycles. The van der Waals surface area contributed by atoms with E-state index in [1.807, 2.05) is 19.1 Å². The Bertz CT molecular complexity index is 449. The molecule has 5 nitrogen and oxygen atoms in total. The minimum absolute atomic E-state index is 0.0787. The van der Waals surface area contributed by atoms with E-state index in [9.17, 15) is 9.59 Å². The lowest BCUT2D eigenvalue weighted by atomic mass is 10.2. The van der Waals surface area contributed by atoms with Crippen LogP contribution >= 0.6 is 23.2 Å². The Hall–Kier alpha value is -1.46. The van der Waals surface area contributed by atoms with Crippen LogP contribution in [0.1, 0.15) is 5.56 Å². The summed E-state index contributed by atoms with van der Waals surface area (Å²) in [7, 11) is 0. The summed E-state index contributed by atoms with van der Waals surface area (Å²) in [4.78, 5) is 21.4. The molecule has 0 aromatic heterocycles. The number of nitrogens with one attached hydrogen (secondary N) is 2. The van der Waals surface area contributed by atoms with E-state index in [1.165, 1.54) is 0 Å². The lowest BCUT2D eigenvalue weighted by Crippen LogP contribution is -2.38. The highest BCUT2D eigenvalue weighted by atomic mass is 35.5. The molecule has 110 valence electrons. The zero-order valence-corrected chi connectivity index (χ0v) is 12.5. The summed E-state index contributed by atoms with van der Waals surface area (Å²) in [5, 5.41) is 5.05. The normalized spacial score (nSPS) is 10.2. The van der Waals surface area contributed by atoms with Gasteiger partial charge in [0.25, 0.3) is 11.8 Å². The maximum atomic E-state index is 11.5. The first-order valence-corrected chi connectivity index (χ1v) is 6.88. The van der Waals surface area contributed by atoms with Crippen LogP contribution in [0.15, 0.2) is 24.3 Å². The first-order chi connectivity index (χ1) is 9.49. The Kier molecular flexibility index (Phi) is 7.18. The molecule has 0 aliphatic heterocycles. The van der Waals surface area contributed by atoms with Crippen molar-refractivity contribution in [2.45, 2.75) is 11.8 Å². The van der Waals surface area contributed by atoms with Crippen molar-refractivity contribution in [2.24, 2.45) is 0 Å². The van der Waals surface area contributed by atoms with Gasteiger partial charge in [-0.25, -0.2) is 0 Å². The van der Waals surface area contributed by atoms with Crippen LogP contribution in [-0.4, -0.2) is 36.3 Å². The van der Waals surface area contributed by atoms with E-state index < -0.39 is 10.7 Å². The molecule has 1 rings (SSSR count). The summed E-state index contributed by atoms with van der Waals surface area (Å²) in [5.41, 5.74) is 1.12. The van der Waals surface area contributed by atoms with Gasteiger partial charge in [0.15, 0.2) is 11.4 Å². The van der Waals surface area contributed by atoms with Crippen LogP contribution in [0.25, 0.3) is 0 Å². The Labute approximate surface area is 127 Å². The van der Waals surface area contributed by atoms with Gasteiger partial charge in [-0.2, -0.15) is 0 Å². The topological polar surface area (TPSA) is 67.4 Å². The molecule has 0 aliphatic rings. The number of rotatable bonds is 7. The van der Waals surface area contributed by atoms with Gasteiger partial charge in [-0.05, 0) is 19.1 Å². The summed E-state index contributed by atoms with van der Waals surface area (Å²) in [6, 6.07) is 7.39. The second-order valence-electron chi connectivity index (χ2n) is 4.04. The number of benzene rings is 1. The van der Waals surface area contributed by atoms with Gasteiger partial charge in [0.05, 0.1) is 0 Å². The van der Waals surface area contributed by atoms with Gasteiger partial charge in [0.1, 0.15) is 5.75 Å². The molecule has 0 spiro atoms. The van der Waals surface area contributed by atoms with Gasteiger partial charge in [0, 0.05) is 13.1 Å². The zero-order valence-electron chi connectivity index (χ0n) is 11.0. The van der Waals surface area contributed by atoms with Gasteiger partial charge in [-0.15, -0.1) is 0 Å². The number of ether oxygens (including phenoxy) is 1. The molecule has 7 heteroatoms. The molecule has 20 heavy (non-hydrogen) atoms. The molecule has 1 aromatic rings. The van der Waals surface area contributed by atoms with Crippen molar-refractivity contribution >= 4 is 35.0 Å². The van der Waals surface area contributed by atoms with Crippen LogP contribution in [0.5, 0.6) is 5.75 Å². The average molecular weight is 319 g/mol. The number of halogens is 2. The molecule has 0 saturated carbocycles. The third-order valence-electron chi connectivity index (χ3n) is 2.34. The van der Waals surface area contributed by atoms with Crippen molar-refractivity contribution < 1.29 is 14.3 Å². The van der Waals surface area contributed by atoms with Gasteiger partial charge < -0.3 is 15.4 Å². The number of hydrogen-bond donors (Lipinski definition) is 2. The number of amides is 2. The van der Waals surface area contributed by atoms with Crippen LogP contribution in [0.3, 0.4) is 0 Å². The molecule has 0 heterocycles. The molecular formula is C13H16Cl2N2O3.